The monoisotopic (exact) mass is 207 g/mol. The van der Waals surface area contributed by atoms with Gasteiger partial charge >= 0.3 is 0 Å². The van der Waals surface area contributed by atoms with Gasteiger partial charge in [0.1, 0.15) is 0 Å². The minimum atomic E-state index is -0.643. The number of amides is 1. The number of hydrogen-bond donors (Lipinski definition) is 1. The average molecular weight is 207 g/mol. The van der Waals surface area contributed by atoms with Crippen molar-refractivity contribution in [2.45, 2.75) is 0 Å². The molecule has 7 heteroatoms. The normalized spacial score (nSPS) is 10.0. The van der Waals surface area contributed by atoms with Crippen molar-refractivity contribution >= 4 is 17.2 Å². The summed E-state index contributed by atoms with van der Waals surface area (Å²) < 4.78 is 0. The molecule has 0 radical (unpaired) electrons. The third-order valence-electron chi connectivity index (χ3n) is 1.44. The number of carbonyl (C=O) groups excluding carboxylic acids is 1. The van der Waals surface area contributed by atoms with Crippen LogP contribution < -0.4 is 5.73 Å². The first kappa shape index (κ1) is 8.70. The molecule has 0 bridgehead atoms. The Morgan fingerprint density at radius 2 is 2.21 bits per heavy atom. The topological polar surface area (TPSA) is 94.7 Å². The second-order valence-corrected chi connectivity index (χ2v) is 3.26. The smallest absolute Gasteiger partial charge is 0.270 e. The number of nitrogens with zero attached hydrogens (tertiary/aromatic N) is 4. The predicted molar refractivity (Wildman–Crippen MR) is 49.5 cm³/mol. The molecule has 0 aliphatic rings. The van der Waals surface area contributed by atoms with E-state index in [0.717, 1.165) is 0 Å². The van der Waals surface area contributed by atoms with E-state index in [2.05, 4.69) is 20.2 Å². The highest BCUT2D eigenvalue weighted by Crippen LogP contribution is 2.15. The van der Waals surface area contributed by atoms with Crippen LogP contribution in [0.25, 0.3) is 10.8 Å². The van der Waals surface area contributed by atoms with Crippen molar-refractivity contribution < 1.29 is 4.79 Å². The molecule has 1 amide bonds. The number of nitrogens with two attached hydrogens (primary N) is 1. The Morgan fingerprint density at radius 3 is 2.71 bits per heavy atom. The van der Waals surface area contributed by atoms with Crippen molar-refractivity contribution in [2.75, 3.05) is 0 Å². The highest BCUT2D eigenvalue weighted by Gasteiger charge is 2.07. The van der Waals surface area contributed by atoms with Gasteiger partial charge in [0.15, 0.2) is 10.7 Å². The Morgan fingerprint density at radius 1 is 1.36 bits per heavy atom. The summed E-state index contributed by atoms with van der Waals surface area (Å²) in [6.45, 7) is 0. The molecule has 0 atom stereocenters. The van der Waals surface area contributed by atoms with Gasteiger partial charge in [0.05, 0.1) is 6.20 Å². The third kappa shape index (κ3) is 1.57. The molecule has 2 aromatic rings. The van der Waals surface area contributed by atoms with Crippen molar-refractivity contribution in [3.05, 3.63) is 23.5 Å². The van der Waals surface area contributed by atoms with E-state index in [1.807, 2.05) is 0 Å². The van der Waals surface area contributed by atoms with Crippen LogP contribution >= 0.6 is 11.3 Å². The van der Waals surface area contributed by atoms with E-state index in [9.17, 15) is 4.79 Å². The molecular weight excluding hydrogens is 202 g/mol. The lowest BCUT2D eigenvalue weighted by Gasteiger charge is -1.94. The minimum Gasteiger partial charge on any atom is -0.364 e. The van der Waals surface area contributed by atoms with Gasteiger partial charge in [-0.25, -0.2) is 9.97 Å². The Hall–Kier alpha value is -1.89. The number of thiazole rings is 1. The standard InChI is InChI=1S/C7H5N5OS/c8-5(13)4-3-10-6(12-11-4)7-9-1-2-14-7/h1-3H,(H2,8,13). The van der Waals surface area contributed by atoms with Crippen LogP contribution in [-0.4, -0.2) is 26.1 Å². The van der Waals surface area contributed by atoms with Crippen LogP contribution in [0.4, 0.5) is 0 Å². The van der Waals surface area contributed by atoms with Gasteiger partial charge in [-0.05, 0) is 0 Å². The van der Waals surface area contributed by atoms with Crippen LogP contribution in [0.2, 0.25) is 0 Å². The van der Waals surface area contributed by atoms with E-state index in [-0.39, 0.29) is 5.69 Å². The fourth-order valence-electron chi connectivity index (χ4n) is 0.820. The van der Waals surface area contributed by atoms with Gasteiger partial charge in [-0.15, -0.1) is 21.5 Å². The molecule has 2 rings (SSSR count). The van der Waals surface area contributed by atoms with E-state index < -0.39 is 5.91 Å². The second-order valence-electron chi connectivity index (χ2n) is 2.37. The first-order valence-corrected chi connectivity index (χ1v) is 4.55. The molecule has 0 unspecified atom stereocenters. The van der Waals surface area contributed by atoms with E-state index >= 15 is 0 Å². The van der Waals surface area contributed by atoms with Crippen LogP contribution in [0.15, 0.2) is 17.8 Å². The van der Waals surface area contributed by atoms with Crippen LogP contribution in [-0.2, 0) is 0 Å². The maximum absolute atomic E-state index is 10.7. The number of primary amides is 1. The Balaban J connectivity index is 2.36. The molecule has 70 valence electrons. The highest BCUT2D eigenvalue weighted by atomic mass is 32.1. The summed E-state index contributed by atoms with van der Waals surface area (Å²) in [5, 5.41) is 9.81. The first-order chi connectivity index (χ1) is 6.77. The molecule has 0 saturated carbocycles. The van der Waals surface area contributed by atoms with Crippen molar-refractivity contribution in [1.82, 2.24) is 20.2 Å². The number of rotatable bonds is 2. The third-order valence-corrected chi connectivity index (χ3v) is 2.21. The minimum absolute atomic E-state index is 0.0466. The number of aromatic nitrogens is 4. The summed E-state index contributed by atoms with van der Waals surface area (Å²) >= 11 is 1.40. The lowest BCUT2D eigenvalue weighted by molar-refractivity contribution is 0.0994. The van der Waals surface area contributed by atoms with Crippen LogP contribution in [0.1, 0.15) is 10.5 Å². The summed E-state index contributed by atoms with van der Waals surface area (Å²) in [5.74, 6) is -0.249. The maximum atomic E-state index is 10.7. The highest BCUT2D eigenvalue weighted by molar-refractivity contribution is 7.12. The zero-order valence-corrected chi connectivity index (χ0v) is 7.73. The molecule has 0 fully saturated rings. The maximum Gasteiger partial charge on any atom is 0.270 e. The fraction of sp³-hybridized carbons (Fsp3) is 0. The van der Waals surface area contributed by atoms with E-state index in [4.69, 9.17) is 5.73 Å². The summed E-state index contributed by atoms with van der Waals surface area (Å²) in [6, 6.07) is 0. The molecule has 0 aliphatic carbocycles. The van der Waals surface area contributed by atoms with Gasteiger partial charge in [0.25, 0.3) is 5.91 Å². The lowest BCUT2D eigenvalue weighted by Crippen LogP contribution is -2.14. The predicted octanol–water partition coefficient (Wildman–Crippen LogP) is 0.0940. The summed E-state index contributed by atoms with van der Waals surface area (Å²) in [4.78, 5) is 18.6. The molecule has 2 aromatic heterocycles. The number of carbonyl (C=O) groups is 1. The van der Waals surface area contributed by atoms with E-state index in [0.29, 0.717) is 10.8 Å². The van der Waals surface area contributed by atoms with E-state index in [1.165, 1.54) is 17.5 Å². The van der Waals surface area contributed by atoms with Crippen molar-refractivity contribution in [3.8, 4) is 10.8 Å². The van der Waals surface area contributed by atoms with Gasteiger partial charge in [-0.2, -0.15) is 0 Å². The number of hydrogen-bond acceptors (Lipinski definition) is 6. The molecule has 6 nitrogen and oxygen atoms in total. The lowest BCUT2D eigenvalue weighted by atomic mass is 10.4. The Bertz CT molecular complexity index is 438. The summed E-state index contributed by atoms with van der Waals surface area (Å²) in [5.41, 5.74) is 5.03. The van der Waals surface area contributed by atoms with Crippen LogP contribution in [0, 0.1) is 0 Å². The van der Waals surface area contributed by atoms with Gasteiger partial charge < -0.3 is 5.73 Å². The molecule has 0 spiro atoms. The first-order valence-electron chi connectivity index (χ1n) is 3.67. The molecule has 0 saturated heterocycles. The average Bonchev–Trinajstić information content (AvgIpc) is 2.71. The van der Waals surface area contributed by atoms with Crippen molar-refractivity contribution in [2.24, 2.45) is 5.73 Å². The molecule has 2 N–H and O–H groups in total. The van der Waals surface area contributed by atoms with Gasteiger partial charge in [-0.1, -0.05) is 0 Å². The van der Waals surface area contributed by atoms with Crippen molar-refractivity contribution in [3.63, 3.8) is 0 Å². The van der Waals surface area contributed by atoms with Crippen LogP contribution in [0.5, 0.6) is 0 Å². The quantitative estimate of drug-likeness (QED) is 0.753. The van der Waals surface area contributed by atoms with E-state index in [1.54, 1.807) is 11.6 Å². The Kier molecular flexibility index (Phi) is 2.15. The second kappa shape index (κ2) is 3.46. The molecule has 2 heterocycles. The summed E-state index contributed by atoms with van der Waals surface area (Å²) in [7, 11) is 0. The summed E-state index contributed by atoms with van der Waals surface area (Å²) in [6.07, 6.45) is 2.93. The van der Waals surface area contributed by atoms with Gasteiger partial charge in [0, 0.05) is 11.6 Å². The Labute approximate surface area is 82.8 Å². The zero-order chi connectivity index (χ0) is 9.97. The van der Waals surface area contributed by atoms with Gasteiger partial charge in [0.2, 0.25) is 5.82 Å². The van der Waals surface area contributed by atoms with Crippen molar-refractivity contribution in [1.29, 1.82) is 0 Å². The SMILES string of the molecule is NC(=O)c1cnc(-c2nccs2)nn1. The van der Waals surface area contributed by atoms with Crippen LogP contribution in [0.3, 0.4) is 0 Å². The molecular formula is C7H5N5OS. The molecule has 14 heavy (non-hydrogen) atoms. The molecule has 0 aromatic carbocycles. The van der Waals surface area contributed by atoms with Gasteiger partial charge in [-0.3, -0.25) is 4.79 Å². The fourth-order valence-corrected chi connectivity index (χ4v) is 1.39. The largest absolute Gasteiger partial charge is 0.364 e. The zero-order valence-electron chi connectivity index (χ0n) is 6.91. The molecule has 0 aliphatic heterocycles.